The van der Waals surface area contributed by atoms with E-state index in [1.807, 2.05) is 30.3 Å². The molecule has 0 saturated heterocycles. The van der Waals surface area contributed by atoms with Gasteiger partial charge >= 0.3 is 0 Å². The van der Waals surface area contributed by atoms with Gasteiger partial charge in [0.25, 0.3) is 12.3 Å². The maximum atomic E-state index is 12.9. The number of carbonyl (C=O) groups excluding carboxylic acids is 1. The van der Waals surface area contributed by atoms with E-state index < -0.39 is 18.0 Å². The molecule has 0 atom stereocenters. The Labute approximate surface area is 118 Å². The lowest BCUT2D eigenvalue weighted by molar-refractivity contribution is 0.0986. The fourth-order valence-corrected chi connectivity index (χ4v) is 2.11. The fraction of sp³-hybridized carbons (Fsp3) is 0.0714. The molecule has 5 nitrogen and oxygen atoms in total. The molecule has 0 unspecified atom stereocenters. The van der Waals surface area contributed by atoms with Crippen molar-refractivity contribution < 1.29 is 13.6 Å². The van der Waals surface area contributed by atoms with Gasteiger partial charge in [-0.3, -0.25) is 4.79 Å². The Bertz CT molecular complexity index is 814. The summed E-state index contributed by atoms with van der Waals surface area (Å²) in [6.45, 7) is 0. The molecule has 0 aliphatic heterocycles. The quantitative estimate of drug-likeness (QED) is 0.804. The number of fused-ring (bicyclic) bond motifs is 1. The van der Waals surface area contributed by atoms with Gasteiger partial charge in [-0.1, -0.05) is 30.3 Å². The van der Waals surface area contributed by atoms with Crippen molar-refractivity contribution in [2.45, 2.75) is 6.43 Å². The minimum Gasteiger partial charge on any atom is -0.365 e. The zero-order chi connectivity index (χ0) is 15.0. The summed E-state index contributed by atoms with van der Waals surface area (Å²) in [5, 5.41) is 3.67. The molecule has 7 heteroatoms. The third-order valence-corrected chi connectivity index (χ3v) is 3.03. The van der Waals surface area contributed by atoms with Gasteiger partial charge in [0.15, 0.2) is 5.65 Å². The number of hydrogen-bond donors (Lipinski definition) is 1. The van der Waals surface area contributed by atoms with Crippen LogP contribution in [0.3, 0.4) is 0 Å². The van der Waals surface area contributed by atoms with Crippen LogP contribution >= 0.6 is 0 Å². The predicted octanol–water partition coefficient (Wildman–Crippen LogP) is 2.43. The Kier molecular flexibility index (Phi) is 3.09. The molecule has 0 saturated carbocycles. The third-order valence-electron chi connectivity index (χ3n) is 3.03. The second-order valence-electron chi connectivity index (χ2n) is 4.37. The smallest absolute Gasteiger partial charge is 0.283 e. The second-order valence-corrected chi connectivity index (χ2v) is 4.37. The number of alkyl halides is 2. The van der Waals surface area contributed by atoms with Gasteiger partial charge in [-0.05, 0) is 6.07 Å². The number of nitrogens with zero attached hydrogens (tertiary/aromatic N) is 3. The van der Waals surface area contributed by atoms with E-state index in [0.29, 0.717) is 5.69 Å². The van der Waals surface area contributed by atoms with Crippen LogP contribution in [0.4, 0.5) is 8.78 Å². The van der Waals surface area contributed by atoms with Crippen molar-refractivity contribution in [3.63, 3.8) is 0 Å². The average molecular weight is 288 g/mol. The van der Waals surface area contributed by atoms with Crippen LogP contribution in [0.1, 0.15) is 22.5 Å². The first-order valence-electron chi connectivity index (χ1n) is 6.10. The van der Waals surface area contributed by atoms with Crippen LogP contribution in [0.2, 0.25) is 0 Å². The summed E-state index contributed by atoms with van der Waals surface area (Å²) in [4.78, 5) is 15.7. The summed E-state index contributed by atoms with van der Waals surface area (Å²) in [7, 11) is 0. The third kappa shape index (κ3) is 2.22. The maximum absolute atomic E-state index is 12.9. The van der Waals surface area contributed by atoms with Gasteiger partial charge in [0.1, 0.15) is 11.3 Å². The fourth-order valence-electron chi connectivity index (χ4n) is 2.11. The summed E-state index contributed by atoms with van der Waals surface area (Å²) >= 11 is 0. The average Bonchev–Trinajstić information content (AvgIpc) is 2.87. The summed E-state index contributed by atoms with van der Waals surface area (Å²) in [6.07, 6.45) is -1.42. The first-order valence-corrected chi connectivity index (χ1v) is 6.10. The van der Waals surface area contributed by atoms with Gasteiger partial charge in [0.2, 0.25) is 0 Å². The Morgan fingerprint density at radius 2 is 1.90 bits per heavy atom. The molecule has 106 valence electrons. The standard InChI is InChI=1S/C14H10F2N4O/c15-12(16)11-10(13(17)21)14-18-9(6-7-20(14)19-11)8-4-2-1-3-5-8/h1-7,12H,(H2,17,21). The molecule has 2 N–H and O–H groups in total. The zero-order valence-electron chi connectivity index (χ0n) is 10.7. The highest BCUT2D eigenvalue weighted by atomic mass is 19.3. The van der Waals surface area contributed by atoms with E-state index in [9.17, 15) is 13.6 Å². The van der Waals surface area contributed by atoms with Gasteiger partial charge in [0.05, 0.1) is 5.69 Å². The van der Waals surface area contributed by atoms with Gasteiger partial charge in [-0.25, -0.2) is 18.3 Å². The summed E-state index contributed by atoms with van der Waals surface area (Å²) < 4.78 is 27.0. The van der Waals surface area contributed by atoms with Crippen LogP contribution in [0.25, 0.3) is 16.9 Å². The molecule has 21 heavy (non-hydrogen) atoms. The molecule has 1 aromatic carbocycles. The highest BCUT2D eigenvalue weighted by Crippen LogP contribution is 2.26. The zero-order valence-corrected chi connectivity index (χ0v) is 10.7. The van der Waals surface area contributed by atoms with Crippen molar-refractivity contribution in [3.05, 3.63) is 53.9 Å². The van der Waals surface area contributed by atoms with Crippen LogP contribution in [0.5, 0.6) is 0 Å². The van der Waals surface area contributed by atoms with Gasteiger partial charge in [-0.2, -0.15) is 5.10 Å². The molecular formula is C14H10F2N4O. The highest BCUT2D eigenvalue weighted by Gasteiger charge is 2.25. The molecular weight excluding hydrogens is 278 g/mol. The van der Waals surface area contributed by atoms with E-state index in [2.05, 4.69) is 10.1 Å². The first kappa shape index (κ1) is 13.2. The van der Waals surface area contributed by atoms with E-state index in [4.69, 9.17) is 5.73 Å². The number of halogens is 2. The number of benzene rings is 1. The van der Waals surface area contributed by atoms with Crippen LogP contribution < -0.4 is 5.73 Å². The Hall–Kier alpha value is -2.83. The summed E-state index contributed by atoms with van der Waals surface area (Å²) in [5.41, 5.74) is 5.56. The van der Waals surface area contributed by atoms with Crippen LogP contribution in [0.15, 0.2) is 42.6 Å². The van der Waals surface area contributed by atoms with E-state index >= 15 is 0 Å². The lowest BCUT2D eigenvalue weighted by Gasteiger charge is -2.01. The Balaban J connectivity index is 2.26. The lowest BCUT2D eigenvalue weighted by atomic mass is 10.1. The van der Waals surface area contributed by atoms with E-state index in [0.717, 1.165) is 10.1 Å². The Morgan fingerprint density at radius 1 is 1.19 bits per heavy atom. The van der Waals surface area contributed by atoms with Crippen molar-refractivity contribution in [2.24, 2.45) is 5.73 Å². The number of carbonyl (C=O) groups is 1. The van der Waals surface area contributed by atoms with Crippen LogP contribution in [-0.2, 0) is 0 Å². The summed E-state index contributed by atoms with van der Waals surface area (Å²) in [5.74, 6) is -0.974. The minimum atomic E-state index is -2.89. The van der Waals surface area contributed by atoms with Crippen molar-refractivity contribution in [2.75, 3.05) is 0 Å². The van der Waals surface area contributed by atoms with Crippen molar-refractivity contribution in [3.8, 4) is 11.3 Å². The second kappa shape index (κ2) is 4.93. The molecule has 0 spiro atoms. The molecule has 0 aliphatic rings. The molecule has 3 rings (SSSR count). The molecule has 0 aliphatic carbocycles. The van der Waals surface area contributed by atoms with Crippen molar-refractivity contribution >= 4 is 11.6 Å². The number of primary amides is 1. The van der Waals surface area contributed by atoms with Crippen molar-refractivity contribution in [1.82, 2.24) is 14.6 Å². The highest BCUT2D eigenvalue weighted by molar-refractivity contribution is 6.00. The van der Waals surface area contributed by atoms with E-state index in [-0.39, 0.29) is 11.2 Å². The molecule has 3 aromatic rings. The van der Waals surface area contributed by atoms with Crippen LogP contribution in [0, 0.1) is 0 Å². The summed E-state index contributed by atoms with van der Waals surface area (Å²) in [6, 6.07) is 10.8. The molecule has 0 radical (unpaired) electrons. The maximum Gasteiger partial charge on any atom is 0.283 e. The van der Waals surface area contributed by atoms with E-state index in [1.54, 1.807) is 6.07 Å². The predicted molar refractivity (Wildman–Crippen MR) is 71.9 cm³/mol. The van der Waals surface area contributed by atoms with Gasteiger partial charge in [-0.15, -0.1) is 0 Å². The minimum absolute atomic E-state index is 0.0270. The molecule has 2 heterocycles. The number of aromatic nitrogens is 3. The van der Waals surface area contributed by atoms with Crippen molar-refractivity contribution in [1.29, 1.82) is 0 Å². The molecule has 2 aromatic heterocycles. The normalized spacial score (nSPS) is 11.2. The lowest BCUT2D eigenvalue weighted by Crippen LogP contribution is -2.13. The molecule has 0 bridgehead atoms. The van der Waals surface area contributed by atoms with E-state index in [1.165, 1.54) is 6.20 Å². The molecule has 0 fully saturated rings. The number of rotatable bonds is 3. The Morgan fingerprint density at radius 3 is 2.52 bits per heavy atom. The van der Waals surface area contributed by atoms with Gasteiger partial charge < -0.3 is 5.73 Å². The van der Waals surface area contributed by atoms with Crippen LogP contribution in [-0.4, -0.2) is 20.5 Å². The van der Waals surface area contributed by atoms with Gasteiger partial charge in [0, 0.05) is 11.8 Å². The number of nitrogens with two attached hydrogens (primary N) is 1. The topological polar surface area (TPSA) is 73.3 Å². The monoisotopic (exact) mass is 288 g/mol. The molecule has 1 amide bonds. The largest absolute Gasteiger partial charge is 0.365 e. The SMILES string of the molecule is NC(=O)c1c(C(F)F)nn2ccc(-c3ccccc3)nc12. The number of amides is 1. The number of hydrogen-bond acceptors (Lipinski definition) is 3. The first-order chi connectivity index (χ1) is 10.1.